The van der Waals surface area contributed by atoms with E-state index < -0.39 is 11.6 Å². The zero-order valence-electron chi connectivity index (χ0n) is 9.26. The average molecular weight is 226 g/mol. The van der Waals surface area contributed by atoms with E-state index >= 15 is 0 Å². The first-order valence-electron chi connectivity index (χ1n) is 5.06. The van der Waals surface area contributed by atoms with Gasteiger partial charge in [0.05, 0.1) is 0 Å². The number of halogens is 2. The van der Waals surface area contributed by atoms with Gasteiger partial charge in [0.1, 0.15) is 11.6 Å². The minimum absolute atomic E-state index is 0.262. The molecule has 3 N–H and O–H groups in total. The first-order chi connectivity index (χ1) is 7.52. The van der Waals surface area contributed by atoms with Crippen LogP contribution in [-0.2, 0) is 0 Å². The molecule has 0 amide bonds. The van der Waals surface area contributed by atoms with E-state index in [4.69, 9.17) is 5.73 Å². The molecule has 0 heterocycles. The molecular weight excluding hydrogens is 210 g/mol. The molecule has 0 aliphatic rings. The molecule has 0 bridgehead atoms. The van der Waals surface area contributed by atoms with Crippen molar-refractivity contribution in [3.05, 3.63) is 47.5 Å². The second-order valence-electron chi connectivity index (χ2n) is 3.83. The zero-order valence-corrected chi connectivity index (χ0v) is 9.26. The molecule has 2 nitrogen and oxygen atoms in total. The summed E-state index contributed by atoms with van der Waals surface area (Å²) in [4.78, 5) is 0. The third-order valence-corrected chi connectivity index (χ3v) is 2.17. The maximum absolute atomic E-state index is 13.0. The summed E-state index contributed by atoms with van der Waals surface area (Å²) in [6.45, 7) is 6.45. The van der Waals surface area contributed by atoms with Crippen LogP contribution < -0.4 is 11.1 Å². The van der Waals surface area contributed by atoms with Crippen LogP contribution in [0.3, 0.4) is 0 Å². The molecule has 0 aromatic heterocycles. The average Bonchev–Trinajstić information content (AvgIpc) is 2.16. The van der Waals surface area contributed by atoms with E-state index in [1.165, 1.54) is 12.1 Å². The van der Waals surface area contributed by atoms with Gasteiger partial charge in [0.15, 0.2) is 0 Å². The van der Waals surface area contributed by atoms with Gasteiger partial charge in [-0.3, -0.25) is 0 Å². The highest BCUT2D eigenvalue weighted by Crippen LogP contribution is 2.15. The monoisotopic (exact) mass is 226 g/mol. The van der Waals surface area contributed by atoms with Gasteiger partial charge in [0, 0.05) is 25.2 Å². The molecule has 16 heavy (non-hydrogen) atoms. The van der Waals surface area contributed by atoms with E-state index in [-0.39, 0.29) is 12.6 Å². The Morgan fingerprint density at radius 2 is 1.94 bits per heavy atom. The Hall–Kier alpha value is -1.26. The number of rotatable bonds is 5. The molecule has 0 spiro atoms. The zero-order chi connectivity index (χ0) is 12.1. The minimum atomic E-state index is -0.592. The van der Waals surface area contributed by atoms with Crippen molar-refractivity contribution in [1.82, 2.24) is 5.32 Å². The van der Waals surface area contributed by atoms with Crippen molar-refractivity contribution in [2.75, 3.05) is 13.1 Å². The molecule has 1 unspecified atom stereocenters. The summed E-state index contributed by atoms with van der Waals surface area (Å²) in [5.74, 6) is -1.18. The van der Waals surface area contributed by atoms with Crippen LogP contribution in [0.2, 0.25) is 0 Å². The summed E-state index contributed by atoms with van der Waals surface area (Å²) in [6.07, 6.45) is 0. The molecule has 1 atom stereocenters. The minimum Gasteiger partial charge on any atom is -0.329 e. The predicted molar refractivity (Wildman–Crippen MR) is 61.0 cm³/mol. The van der Waals surface area contributed by atoms with Crippen molar-refractivity contribution >= 4 is 0 Å². The van der Waals surface area contributed by atoms with E-state index in [1.54, 1.807) is 0 Å². The van der Waals surface area contributed by atoms with E-state index in [0.29, 0.717) is 12.1 Å². The van der Waals surface area contributed by atoms with Crippen molar-refractivity contribution < 1.29 is 8.78 Å². The highest BCUT2D eigenvalue weighted by Gasteiger charge is 2.11. The lowest BCUT2D eigenvalue weighted by molar-refractivity contribution is 0.542. The third-order valence-electron chi connectivity index (χ3n) is 2.17. The lowest BCUT2D eigenvalue weighted by atomic mass is 10.1. The molecule has 0 aliphatic carbocycles. The number of benzene rings is 1. The molecule has 1 aromatic carbocycles. The van der Waals surface area contributed by atoms with Crippen molar-refractivity contribution in [2.24, 2.45) is 5.73 Å². The van der Waals surface area contributed by atoms with Gasteiger partial charge in [-0.15, -0.1) is 0 Å². The Balaban J connectivity index is 2.81. The third kappa shape index (κ3) is 3.72. The lowest BCUT2D eigenvalue weighted by Crippen LogP contribution is -2.29. The molecule has 1 aromatic rings. The Morgan fingerprint density at radius 1 is 1.38 bits per heavy atom. The maximum Gasteiger partial charge on any atom is 0.126 e. The van der Waals surface area contributed by atoms with Gasteiger partial charge in [0.25, 0.3) is 0 Å². The smallest absolute Gasteiger partial charge is 0.126 e. The summed E-state index contributed by atoms with van der Waals surface area (Å²) in [5.41, 5.74) is 7.01. The Bertz CT molecular complexity index is 357. The quantitative estimate of drug-likeness (QED) is 0.755. The van der Waals surface area contributed by atoms with Crippen LogP contribution in [0.5, 0.6) is 0 Å². The van der Waals surface area contributed by atoms with Gasteiger partial charge in [-0.05, 0) is 24.6 Å². The van der Waals surface area contributed by atoms with Crippen LogP contribution in [0.4, 0.5) is 8.78 Å². The van der Waals surface area contributed by atoms with E-state index in [2.05, 4.69) is 11.9 Å². The van der Waals surface area contributed by atoms with Crippen LogP contribution in [-0.4, -0.2) is 13.1 Å². The van der Waals surface area contributed by atoms with Crippen LogP contribution >= 0.6 is 0 Å². The topological polar surface area (TPSA) is 38.0 Å². The van der Waals surface area contributed by atoms with E-state index in [9.17, 15) is 8.78 Å². The number of hydrogen-bond donors (Lipinski definition) is 2. The van der Waals surface area contributed by atoms with Crippen molar-refractivity contribution in [2.45, 2.75) is 13.0 Å². The molecule has 0 fully saturated rings. The van der Waals surface area contributed by atoms with Gasteiger partial charge in [-0.25, -0.2) is 8.78 Å². The van der Waals surface area contributed by atoms with Crippen LogP contribution in [0.25, 0.3) is 0 Å². The summed E-state index contributed by atoms with van der Waals surface area (Å²) in [5, 5.41) is 3.08. The van der Waals surface area contributed by atoms with E-state index in [1.807, 2.05) is 6.92 Å². The van der Waals surface area contributed by atoms with Gasteiger partial charge < -0.3 is 11.1 Å². The highest BCUT2D eigenvalue weighted by atomic mass is 19.1. The Labute approximate surface area is 94.2 Å². The van der Waals surface area contributed by atoms with Crippen molar-refractivity contribution in [1.29, 1.82) is 0 Å². The Morgan fingerprint density at radius 3 is 2.38 bits per heavy atom. The highest BCUT2D eigenvalue weighted by molar-refractivity contribution is 5.22. The van der Waals surface area contributed by atoms with Crippen molar-refractivity contribution in [3.63, 3.8) is 0 Å². The predicted octanol–water partition coefficient (Wildman–Crippen LogP) is 2.13. The fraction of sp³-hybridized carbons (Fsp3) is 0.333. The molecule has 4 heteroatoms. The molecule has 0 saturated carbocycles. The van der Waals surface area contributed by atoms with Crippen LogP contribution in [0, 0.1) is 11.6 Å². The molecular formula is C12H16F2N2. The molecule has 0 aliphatic heterocycles. The standard InChI is InChI=1S/C12H16F2N2/c1-8(2)7-16-12(6-15)9-3-10(13)5-11(14)4-9/h3-5,12,16H,1,6-7,15H2,2H3. The second kappa shape index (κ2) is 5.72. The normalized spacial score (nSPS) is 12.5. The number of nitrogens with one attached hydrogen (secondary N) is 1. The second-order valence-corrected chi connectivity index (χ2v) is 3.83. The van der Waals surface area contributed by atoms with Gasteiger partial charge in [-0.1, -0.05) is 12.2 Å². The number of hydrogen-bond acceptors (Lipinski definition) is 2. The largest absolute Gasteiger partial charge is 0.329 e. The fourth-order valence-corrected chi connectivity index (χ4v) is 1.41. The first-order valence-corrected chi connectivity index (χ1v) is 5.06. The summed E-state index contributed by atoms with van der Waals surface area (Å²) in [6, 6.07) is 3.15. The summed E-state index contributed by atoms with van der Waals surface area (Å²) in [7, 11) is 0. The van der Waals surface area contributed by atoms with Crippen molar-refractivity contribution in [3.8, 4) is 0 Å². The van der Waals surface area contributed by atoms with Gasteiger partial charge >= 0.3 is 0 Å². The molecule has 1 rings (SSSR count). The number of nitrogens with two attached hydrogens (primary N) is 1. The summed E-state index contributed by atoms with van der Waals surface area (Å²) < 4.78 is 26.0. The van der Waals surface area contributed by atoms with Gasteiger partial charge in [-0.2, -0.15) is 0 Å². The van der Waals surface area contributed by atoms with E-state index in [0.717, 1.165) is 11.6 Å². The summed E-state index contributed by atoms with van der Waals surface area (Å²) >= 11 is 0. The molecule has 0 saturated heterocycles. The maximum atomic E-state index is 13.0. The molecule has 88 valence electrons. The SMILES string of the molecule is C=C(C)CNC(CN)c1cc(F)cc(F)c1. The fourth-order valence-electron chi connectivity index (χ4n) is 1.41. The van der Waals surface area contributed by atoms with Gasteiger partial charge in [0.2, 0.25) is 0 Å². The lowest BCUT2D eigenvalue weighted by Gasteiger charge is -2.17. The first kappa shape index (κ1) is 12.8. The van der Waals surface area contributed by atoms with Crippen LogP contribution in [0.15, 0.2) is 30.4 Å². The Kier molecular flexibility index (Phi) is 4.58. The van der Waals surface area contributed by atoms with Crippen LogP contribution in [0.1, 0.15) is 18.5 Å². The molecule has 0 radical (unpaired) electrons.